The Morgan fingerprint density at radius 1 is 1.06 bits per heavy atom. The molecule has 4 rings (SSSR count). The van der Waals surface area contributed by atoms with Gasteiger partial charge in [-0.15, -0.1) is 10.2 Å². The topological polar surface area (TPSA) is 85.1 Å². The number of benzene rings is 2. The summed E-state index contributed by atoms with van der Waals surface area (Å²) < 4.78 is 14.9. The van der Waals surface area contributed by atoms with E-state index in [4.69, 9.17) is 11.6 Å². The largest absolute Gasteiger partial charge is 0.272 e. The lowest BCUT2D eigenvalue weighted by molar-refractivity contribution is -0.118. The first-order valence-corrected chi connectivity index (χ1v) is 11.2. The van der Waals surface area contributed by atoms with Crippen molar-refractivity contribution in [3.8, 4) is 17.1 Å². The lowest BCUT2D eigenvalue weighted by atomic mass is 10.1. The molecule has 0 saturated heterocycles. The highest BCUT2D eigenvalue weighted by atomic mass is 35.5. The number of nitrogens with zero attached hydrogens (tertiary/aromatic N) is 5. The standard InChI is InChI=1S/C23H18ClFN6OS/c1-15(16-2-6-19(25)7-3-16)27-28-21(32)14-33-23-30-29-22(17-10-12-26-13-11-17)31(23)20-8-4-18(24)5-9-20/h2-13H,14H2,1H3,(H,28,32). The van der Waals surface area contributed by atoms with E-state index in [2.05, 4.69) is 25.7 Å². The Balaban J connectivity index is 1.51. The molecule has 0 aliphatic carbocycles. The van der Waals surface area contributed by atoms with E-state index in [-0.39, 0.29) is 17.5 Å². The second kappa shape index (κ2) is 10.4. The SMILES string of the molecule is CC(=NNC(=O)CSc1nnc(-c2ccncc2)n1-c1ccc(Cl)cc1)c1ccc(F)cc1. The van der Waals surface area contributed by atoms with Crippen molar-refractivity contribution in [1.82, 2.24) is 25.2 Å². The van der Waals surface area contributed by atoms with Gasteiger partial charge in [-0.1, -0.05) is 35.5 Å². The van der Waals surface area contributed by atoms with Gasteiger partial charge in [0.15, 0.2) is 11.0 Å². The molecule has 2 heterocycles. The number of amides is 1. The molecular formula is C23H18ClFN6OS. The van der Waals surface area contributed by atoms with E-state index < -0.39 is 0 Å². The van der Waals surface area contributed by atoms with Crippen LogP contribution in [0.2, 0.25) is 5.02 Å². The Labute approximate surface area is 198 Å². The third-order valence-electron chi connectivity index (χ3n) is 4.60. The number of hydrazone groups is 1. The van der Waals surface area contributed by atoms with Crippen LogP contribution in [0.25, 0.3) is 17.1 Å². The van der Waals surface area contributed by atoms with Crippen molar-refractivity contribution in [2.24, 2.45) is 5.10 Å². The normalized spacial score (nSPS) is 11.4. The third kappa shape index (κ3) is 5.63. The second-order valence-corrected chi connectivity index (χ2v) is 8.26. The number of carbonyl (C=O) groups is 1. The minimum Gasteiger partial charge on any atom is -0.272 e. The third-order valence-corrected chi connectivity index (χ3v) is 5.78. The highest BCUT2D eigenvalue weighted by Crippen LogP contribution is 2.28. The van der Waals surface area contributed by atoms with Crippen molar-refractivity contribution in [1.29, 1.82) is 0 Å². The van der Waals surface area contributed by atoms with Crippen LogP contribution in [0.3, 0.4) is 0 Å². The number of hydrogen-bond donors (Lipinski definition) is 1. The van der Waals surface area contributed by atoms with E-state index in [1.54, 1.807) is 43.6 Å². The molecule has 0 saturated carbocycles. The van der Waals surface area contributed by atoms with Crippen LogP contribution in [0, 0.1) is 5.82 Å². The summed E-state index contributed by atoms with van der Waals surface area (Å²) in [5, 5.41) is 13.9. The molecule has 7 nitrogen and oxygen atoms in total. The van der Waals surface area contributed by atoms with E-state index in [1.165, 1.54) is 23.9 Å². The summed E-state index contributed by atoms with van der Waals surface area (Å²) >= 11 is 7.28. The molecule has 166 valence electrons. The van der Waals surface area contributed by atoms with Gasteiger partial charge in [-0.05, 0) is 61.0 Å². The van der Waals surface area contributed by atoms with Gasteiger partial charge in [0, 0.05) is 28.7 Å². The van der Waals surface area contributed by atoms with Crippen LogP contribution in [0.4, 0.5) is 4.39 Å². The van der Waals surface area contributed by atoms with Gasteiger partial charge < -0.3 is 0 Å². The zero-order valence-electron chi connectivity index (χ0n) is 17.4. The Hall–Kier alpha value is -3.56. The van der Waals surface area contributed by atoms with E-state index in [1.807, 2.05) is 28.8 Å². The summed E-state index contributed by atoms with van der Waals surface area (Å²) in [4.78, 5) is 16.4. The lowest BCUT2D eigenvalue weighted by Gasteiger charge is -2.10. The summed E-state index contributed by atoms with van der Waals surface area (Å²) in [6.45, 7) is 1.73. The van der Waals surface area contributed by atoms with Gasteiger partial charge in [-0.2, -0.15) is 5.10 Å². The average Bonchev–Trinajstić information content (AvgIpc) is 3.26. The van der Waals surface area contributed by atoms with Crippen LogP contribution >= 0.6 is 23.4 Å². The fraction of sp³-hybridized carbons (Fsp3) is 0.0870. The molecule has 33 heavy (non-hydrogen) atoms. The van der Waals surface area contributed by atoms with Crippen LogP contribution in [0.5, 0.6) is 0 Å². The van der Waals surface area contributed by atoms with Crippen molar-refractivity contribution in [3.63, 3.8) is 0 Å². The fourth-order valence-electron chi connectivity index (χ4n) is 2.94. The van der Waals surface area contributed by atoms with E-state index in [0.29, 0.717) is 27.3 Å². The second-order valence-electron chi connectivity index (χ2n) is 6.88. The molecule has 0 aliphatic heterocycles. The number of rotatable bonds is 7. The Bertz CT molecular complexity index is 1280. The van der Waals surface area contributed by atoms with Crippen molar-refractivity contribution in [2.75, 3.05) is 5.75 Å². The lowest BCUT2D eigenvalue weighted by Crippen LogP contribution is -2.21. The zero-order chi connectivity index (χ0) is 23.2. The average molecular weight is 481 g/mol. The van der Waals surface area contributed by atoms with Gasteiger partial charge in [-0.3, -0.25) is 14.3 Å². The molecular weight excluding hydrogens is 463 g/mol. The number of aromatic nitrogens is 4. The number of carbonyl (C=O) groups excluding carboxylic acids is 1. The van der Waals surface area contributed by atoms with Crippen LogP contribution in [-0.4, -0.2) is 37.1 Å². The highest BCUT2D eigenvalue weighted by Gasteiger charge is 2.17. The van der Waals surface area contributed by atoms with Crippen molar-refractivity contribution >= 4 is 35.0 Å². The number of pyridine rings is 1. The number of hydrogen-bond acceptors (Lipinski definition) is 6. The minimum atomic E-state index is -0.331. The quantitative estimate of drug-likeness (QED) is 0.234. The summed E-state index contributed by atoms with van der Waals surface area (Å²) in [6.07, 6.45) is 3.36. The number of thioether (sulfide) groups is 1. The van der Waals surface area contributed by atoms with Gasteiger partial charge in [0.1, 0.15) is 5.82 Å². The van der Waals surface area contributed by atoms with Crippen molar-refractivity contribution in [3.05, 3.63) is 89.5 Å². The predicted octanol–water partition coefficient (Wildman–Crippen LogP) is 4.75. The molecule has 0 spiro atoms. The summed E-state index contributed by atoms with van der Waals surface area (Å²) in [6, 6.07) is 16.8. The molecule has 2 aromatic heterocycles. The zero-order valence-corrected chi connectivity index (χ0v) is 19.0. The van der Waals surface area contributed by atoms with E-state index >= 15 is 0 Å². The van der Waals surface area contributed by atoms with Crippen LogP contribution in [0.15, 0.2) is 83.3 Å². The smallest absolute Gasteiger partial charge is 0.250 e. The predicted molar refractivity (Wildman–Crippen MR) is 127 cm³/mol. The van der Waals surface area contributed by atoms with Crippen molar-refractivity contribution < 1.29 is 9.18 Å². The van der Waals surface area contributed by atoms with Gasteiger partial charge in [0.2, 0.25) is 0 Å². The molecule has 1 amide bonds. The van der Waals surface area contributed by atoms with Gasteiger partial charge in [-0.25, -0.2) is 9.82 Å². The molecule has 0 radical (unpaired) electrons. The molecule has 0 unspecified atom stereocenters. The van der Waals surface area contributed by atoms with Crippen LogP contribution in [-0.2, 0) is 4.79 Å². The maximum Gasteiger partial charge on any atom is 0.250 e. The van der Waals surface area contributed by atoms with Gasteiger partial charge >= 0.3 is 0 Å². The summed E-state index contributed by atoms with van der Waals surface area (Å²) in [7, 11) is 0. The molecule has 0 bridgehead atoms. The monoisotopic (exact) mass is 480 g/mol. The Kier molecular flexibility index (Phi) is 7.11. The molecule has 1 N–H and O–H groups in total. The highest BCUT2D eigenvalue weighted by molar-refractivity contribution is 7.99. The summed E-state index contributed by atoms with van der Waals surface area (Å²) in [5.74, 6) is 0.0516. The van der Waals surface area contributed by atoms with Gasteiger partial charge in [0.25, 0.3) is 5.91 Å². The van der Waals surface area contributed by atoms with Crippen LogP contribution < -0.4 is 5.43 Å². The minimum absolute atomic E-state index is 0.0717. The Morgan fingerprint density at radius 2 is 1.76 bits per heavy atom. The first-order valence-electron chi connectivity index (χ1n) is 9.85. The first-order chi connectivity index (χ1) is 16.0. The number of nitrogens with one attached hydrogen (secondary N) is 1. The molecule has 0 aliphatic rings. The fourth-order valence-corrected chi connectivity index (χ4v) is 3.81. The molecule has 0 atom stereocenters. The molecule has 2 aromatic carbocycles. The van der Waals surface area contributed by atoms with Gasteiger partial charge in [0.05, 0.1) is 11.5 Å². The molecule has 0 fully saturated rings. The maximum atomic E-state index is 13.1. The number of halogens is 2. The Morgan fingerprint density at radius 3 is 2.45 bits per heavy atom. The maximum absolute atomic E-state index is 13.1. The molecule has 4 aromatic rings. The first kappa shape index (κ1) is 22.6. The van der Waals surface area contributed by atoms with E-state index in [9.17, 15) is 9.18 Å². The van der Waals surface area contributed by atoms with Crippen LogP contribution in [0.1, 0.15) is 12.5 Å². The summed E-state index contributed by atoms with van der Waals surface area (Å²) in [5.41, 5.74) is 5.45. The van der Waals surface area contributed by atoms with E-state index in [0.717, 1.165) is 11.3 Å². The van der Waals surface area contributed by atoms with Crippen molar-refractivity contribution in [2.45, 2.75) is 12.1 Å². The molecule has 10 heteroatoms.